The summed E-state index contributed by atoms with van der Waals surface area (Å²) in [6, 6.07) is 3.42. The predicted octanol–water partition coefficient (Wildman–Crippen LogP) is -1.10. The van der Waals surface area contributed by atoms with Crippen LogP contribution in [0.5, 0.6) is 5.75 Å². The van der Waals surface area contributed by atoms with Crippen molar-refractivity contribution in [1.29, 1.82) is 0 Å². The number of likely N-dealkylation sites (tertiary alicyclic amines) is 1. The number of phenols is 1. The lowest BCUT2D eigenvalue weighted by Gasteiger charge is -2.29. The van der Waals surface area contributed by atoms with E-state index in [0.29, 0.717) is 30.6 Å². The fourth-order valence-corrected chi connectivity index (χ4v) is 3.86. The molecule has 182 valence electrons. The quantitative estimate of drug-likeness (QED) is 0.251. The molecule has 2 heterocycles. The van der Waals surface area contributed by atoms with Gasteiger partial charge in [0.05, 0.1) is 12.4 Å². The van der Waals surface area contributed by atoms with Crippen LogP contribution in [0.25, 0.3) is 0 Å². The standard InChI is InChI=1S/C22H28N6O6/c23-16(9-14-10-24-12-26-14)20(32)27-17(8-13-3-5-15(29)6-4-13)22(34)28-7-1-2-18(28)21(33)25-11-19(30)31/h3-6,10,12,16-18,29H,1-2,7-9,11,23H2,(H,24,26)(H,25,33)(H,27,32)(H,30,31). The molecule has 7 N–H and O–H groups in total. The molecule has 3 unspecified atom stereocenters. The average molecular weight is 473 g/mol. The maximum absolute atomic E-state index is 13.5. The number of rotatable bonds is 10. The SMILES string of the molecule is NC(Cc1cnc[nH]1)C(=O)NC(Cc1ccc(O)cc1)C(=O)N1CCCC1C(=O)NCC(=O)O. The van der Waals surface area contributed by atoms with Crippen LogP contribution in [-0.2, 0) is 32.0 Å². The molecule has 2 aromatic rings. The number of aromatic hydroxyl groups is 1. The van der Waals surface area contributed by atoms with E-state index in [4.69, 9.17) is 10.8 Å². The van der Waals surface area contributed by atoms with Crippen molar-refractivity contribution in [3.05, 3.63) is 48.0 Å². The van der Waals surface area contributed by atoms with Crippen LogP contribution in [0.2, 0.25) is 0 Å². The Hall–Kier alpha value is -3.93. The van der Waals surface area contributed by atoms with Gasteiger partial charge in [0.25, 0.3) is 0 Å². The molecule has 1 aromatic heterocycles. The van der Waals surface area contributed by atoms with Crippen LogP contribution >= 0.6 is 0 Å². The van der Waals surface area contributed by atoms with Gasteiger partial charge in [-0.25, -0.2) is 4.98 Å². The maximum Gasteiger partial charge on any atom is 0.322 e. The number of aromatic nitrogens is 2. The van der Waals surface area contributed by atoms with Gasteiger partial charge in [-0.1, -0.05) is 12.1 Å². The molecule has 0 bridgehead atoms. The van der Waals surface area contributed by atoms with Gasteiger partial charge in [-0.3, -0.25) is 19.2 Å². The summed E-state index contributed by atoms with van der Waals surface area (Å²) in [6.07, 6.45) is 4.28. The van der Waals surface area contributed by atoms with Crippen LogP contribution in [0.1, 0.15) is 24.1 Å². The van der Waals surface area contributed by atoms with Gasteiger partial charge in [-0.2, -0.15) is 0 Å². The second-order valence-electron chi connectivity index (χ2n) is 8.12. The lowest BCUT2D eigenvalue weighted by Crippen LogP contribution is -2.56. The molecule has 0 radical (unpaired) electrons. The molecule has 1 fully saturated rings. The van der Waals surface area contributed by atoms with E-state index in [-0.39, 0.29) is 18.6 Å². The van der Waals surface area contributed by atoms with Crippen LogP contribution in [0, 0.1) is 0 Å². The number of H-pyrrole nitrogens is 1. The molecule has 3 atom stereocenters. The van der Waals surface area contributed by atoms with Gasteiger partial charge in [-0.15, -0.1) is 0 Å². The van der Waals surface area contributed by atoms with Gasteiger partial charge >= 0.3 is 5.97 Å². The molecule has 1 aliphatic rings. The fourth-order valence-electron chi connectivity index (χ4n) is 3.86. The summed E-state index contributed by atoms with van der Waals surface area (Å²) in [4.78, 5) is 57.7. The highest BCUT2D eigenvalue weighted by molar-refractivity contribution is 5.94. The molecule has 34 heavy (non-hydrogen) atoms. The largest absolute Gasteiger partial charge is 0.508 e. The molecule has 3 amide bonds. The highest BCUT2D eigenvalue weighted by Crippen LogP contribution is 2.20. The third kappa shape index (κ3) is 6.54. The molecule has 0 spiro atoms. The van der Waals surface area contributed by atoms with Gasteiger partial charge in [0.1, 0.15) is 24.4 Å². The smallest absolute Gasteiger partial charge is 0.322 e. The number of phenolic OH excluding ortho intramolecular Hbond substituents is 1. The van der Waals surface area contributed by atoms with E-state index in [1.54, 1.807) is 18.3 Å². The number of nitrogens with two attached hydrogens (primary N) is 1. The monoisotopic (exact) mass is 472 g/mol. The Morgan fingerprint density at radius 2 is 1.94 bits per heavy atom. The second kappa shape index (κ2) is 11.3. The van der Waals surface area contributed by atoms with Crippen LogP contribution in [0.3, 0.4) is 0 Å². The molecule has 3 rings (SSSR count). The van der Waals surface area contributed by atoms with Gasteiger partial charge in [0.2, 0.25) is 17.7 Å². The number of nitrogens with zero attached hydrogens (tertiary/aromatic N) is 2. The summed E-state index contributed by atoms with van der Waals surface area (Å²) < 4.78 is 0. The zero-order chi connectivity index (χ0) is 24.7. The maximum atomic E-state index is 13.5. The molecular weight excluding hydrogens is 444 g/mol. The van der Waals surface area contributed by atoms with Crippen LogP contribution in [0.15, 0.2) is 36.8 Å². The Labute approximate surface area is 195 Å². The summed E-state index contributed by atoms with van der Waals surface area (Å²) in [5.41, 5.74) is 7.38. The Morgan fingerprint density at radius 3 is 2.59 bits per heavy atom. The number of aliphatic carboxylic acids is 1. The number of carboxylic acid groups (broad SMARTS) is 1. The molecular formula is C22H28N6O6. The number of carbonyl (C=O) groups excluding carboxylic acids is 3. The number of carboxylic acids is 1. The number of aromatic amines is 1. The second-order valence-corrected chi connectivity index (χ2v) is 8.12. The van der Waals surface area contributed by atoms with Crippen LogP contribution in [-0.4, -0.2) is 80.0 Å². The molecule has 1 aromatic carbocycles. The molecule has 1 saturated heterocycles. The summed E-state index contributed by atoms with van der Waals surface area (Å²) in [7, 11) is 0. The Balaban J connectivity index is 1.75. The Kier molecular flexibility index (Phi) is 8.19. The lowest BCUT2D eigenvalue weighted by molar-refractivity contribution is -0.142. The van der Waals surface area contributed by atoms with Crippen molar-refractivity contribution in [2.45, 2.75) is 43.8 Å². The van der Waals surface area contributed by atoms with Crippen molar-refractivity contribution >= 4 is 23.7 Å². The topological polar surface area (TPSA) is 191 Å². The van der Waals surface area contributed by atoms with Crippen molar-refractivity contribution < 1.29 is 29.4 Å². The van der Waals surface area contributed by atoms with Gasteiger partial charge in [-0.05, 0) is 30.5 Å². The first-order chi connectivity index (χ1) is 16.2. The van der Waals surface area contributed by atoms with Crippen LogP contribution in [0.4, 0.5) is 0 Å². The molecule has 1 aliphatic heterocycles. The van der Waals surface area contributed by atoms with E-state index in [9.17, 15) is 24.3 Å². The average Bonchev–Trinajstić information content (AvgIpc) is 3.50. The number of amides is 3. The van der Waals surface area contributed by atoms with E-state index >= 15 is 0 Å². The number of hydrogen-bond acceptors (Lipinski definition) is 7. The van der Waals surface area contributed by atoms with Crippen molar-refractivity contribution in [2.75, 3.05) is 13.1 Å². The zero-order valence-corrected chi connectivity index (χ0v) is 18.4. The van der Waals surface area contributed by atoms with Crippen LogP contribution < -0.4 is 16.4 Å². The van der Waals surface area contributed by atoms with Crippen molar-refractivity contribution in [3.63, 3.8) is 0 Å². The lowest BCUT2D eigenvalue weighted by atomic mass is 10.0. The number of benzene rings is 1. The Bertz CT molecular complexity index is 1010. The molecule has 0 aliphatic carbocycles. The first-order valence-corrected chi connectivity index (χ1v) is 10.9. The summed E-state index contributed by atoms with van der Waals surface area (Å²) >= 11 is 0. The van der Waals surface area contributed by atoms with E-state index in [1.165, 1.54) is 23.4 Å². The number of nitrogens with one attached hydrogen (secondary N) is 3. The fraction of sp³-hybridized carbons (Fsp3) is 0.409. The van der Waals surface area contributed by atoms with E-state index in [2.05, 4.69) is 20.6 Å². The number of imidazole rings is 1. The normalized spacial score (nSPS) is 17.1. The van der Waals surface area contributed by atoms with Gasteiger partial charge < -0.3 is 36.5 Å². The minimum atomic E-state index is -1.19. The highest BCUT2D eigenvalue weighted by Gasteiger charge is 2.38. The van der Waals surface area contributed by atoms with E-state index in [1.807, 2.05) is 0 Å². The highest BCUT2D eigenvalue weighted by atomic mass is 16.4. The minimum Gasteiger partial charge on any atom is -0.508 e. The minimum absolute atomic E-state index is 0.0620. The van der Waals surface area contributed by atoms with Gasteiger partial charge in [0, 0.05) is 31.3 Å². The van der Waals surface area contributed by atoms with Crippen molar-refractivity contribution in [3.8, 4) is 5.75 Å². The third-order valence-corrected chi connectivity index (χ3v) is 5.57. The third-order valence-electron chi connectivity index (χ3n) is 5.57. The molecule has 12 nitrogen and oxygen atoms in total. The zero-order valence-electron chi connectivity index (χ0n) is 18.4. The molecule has 0 saturated carbocycles. The van der Waals surface area contributed by atoms with E-state index in [0.717, 1.165) is 0 Å². The summed E-state index contributed by atoms with van der Waals surface area (Å²) in [6.45, 7) is -0.250. The predicted molar refractivity (Wildman–Crippen MR) is 119 cm³/mol. The van der Waals surface area contributed by atoms with Crippen molar-refractivity contribution in [2.24, 2.45) is 5.73 Å². The first kappa shape index (κ1) is 24.7. The van der Waals surface area contributed by atoms with E-state index < -0.39 is 48.4 Å². The summed E-state index contributed by atoms with van der Waals surface area (Å²) in [5, 5.41) is 23.4. The van der Waals surface area contributed by atoms with Gasteiger partial charge in [0.15, 0.2) is 0 Å². The number of carbonyl (C=O) groups is 4. The Morgan fingerprint density at radius 1 is 1.21 bits per heavy atom. The molecule has 12 heteroatoms. The van der Waals surface area contributed by atoms with Crippen molar-refractivity contribution in [1.82, 2.24) is 25.5 Å². The summed E-state index contributed by atoms with van der Waals surface area (Å²) in [5.74, 6) is -2.69. The first-order valence-electron chi connectivity index (χ1n) is 10.9. The number of hydrogen-bond donors (Lipinski definition) is 6.